The van der Waals surface area contributed by atoms with Crippen LogP contribution in [0.5, 0.6) is 5.75 Å². The third kappa shape index (κ3) is 11.1. The number of nitrogens with zero attached hydrogens (tertiary/aromatic N) is 9. The number of hydrogen-bond donors (Lipinski definition) is 4. The number of carbonyl (C=O) groups is 4. The Morgan fingerprint density at radius 1 is 0.934 bits per heavy atom. The van der Waals surface area contributed by atoms with Crippen LogP contribution in [0.25, 0.3) is 10.9 Å². The van der Waals surface area contributed by atoms with Crippen LogP contribution >= 0.6 is 11.3 Å². The minimum atomic E-state index is -3.87. The number of aryl methyl sites for hydroxylation is 1. The number of likely N-dealkylation sites (N-methyl/N-ethyl adjacent to an activating group) is 1. The number of likely N-dealkylation sites (tertiary alicyclic amines) is 2. The summed E-state index contributed by atoms with van der Waals surface area (Å²) in [4.78, 5) is 82.5. The largest absolute Gasteiger partial charge is 0.492 e. The monoisotopic (exact) mass is 1080 g/mol. The number of ether oxygens (including phenoxy) is 1. The summed E-state index contributed by atoms with van der Waals surface area (Å²) in [5.74, 6) is -0.960. The van der Waals surface area contributed by atoms with Gasteiger partial charge in [-0.2, -0.15) is 5.10 Å². The highest BCUT2D eigenvalue weighted by atomic mass is 32.2. The number of fused-ring (bicyclic) bond motifs is 1. The number of carbonyl (C=O) groups excluding carboxylic acids is 4. The fourth-order valence-electron chi connectivity index (χ4n) is 9.94. The van der Waals surface area contributed by atoms with Crippen molar-refractivity contribution < 1.29 is 36.7 Å². The first-order valence-electron chi connectivity index (χ1n) is 25.4. The number of nitrogens with two attached hydrogens (primary N) is 1. The summed E-state index contributed by atoms with van der Waals surface area (Å²) < 4.78 is 46.9. The molecule has 0 spiro atoms. The van der Waals surface area contributed by atoms with Gasteiger partial charge in [-0.05, 0) is 121 Å². The van der Waals surface area contributed by atoms with Crippen molar-refractivity contribution in [2.24, 2.45) is 23.5 Å². The average Bonchev–Trinajstić information content (AvgIpc) is 4.22. The fourth-order valence-corrected chi connectivity index (χ4v) is 12.2. The van der Waals surface area contributed by atoms with E-state index in [9.17, 15) is 32.0 Å². The van der Waals surface area contributed by atoms with Gasteiger partial charge in [0.1, 0.15) is 50.8 Å². The van der Waals surface area contributed by atoms with Crippen molar-refractivity contribution in [3.63, 3.8) is 0 Å². The number of amides is 3. The Balaban J connectivity index is 0.812. The Bertz CT molecular complexity index is 3290. The molecule has 3 amide bonds. The van der Waals surface area contributed by atoms with Crippen LogP contribution in [0.15, 0.2) is 77.2 Å². The quantitative estimate of drug-likeness (QED) is 0.0586. The molecule has 4 aromatic heterocycles. The zero-order valence-electron chi connectivity index (χ0n) is 43.3. The van der Waals surface area contributed by atoms with Gasteiger partial charge in [0, 0.05) is 73.4 Å². The van der Waals surface area contributed by atoms with E-state index in [-0.39, 0.29) is 69.8 Å². The van der Waals surface area contributed by atoms with E-state index < -0.39 is 32.2 Å². The van der Waals surface area contributed by atoms with E-state index in [1.807, 2.05) is 13.8 Å². The molecule has 6 aromatic rings. The van der Waals surface area contributed by atoms with Crippen LogP contribution in [0.2, 0.25) is 0 Å². The summed E-state index contributed by atoms with van der Waals surface area (Å²) >= 11 is 1.29. The molecule has 0 unspecified atom stereocenters. The van der Waals surface area contributed by atoms with E-state index in [0.717, 1.165) is 24.1 Å². The number of anilines is 3. The Morgan fingerprint density at radius 2 is 1.67 bits per heavy atom. The number of hydrogen-bond acceptors (Lipinski definition) is 17. The molecular weight excluding hydrogens is 1010 g/mol. The molecule has 3 fully saturated rings. The number of H-pyrrole nitrogens is 1. The topological polar surface area (TPSA) is 265 Å². The van der Waals surface area contributed by atoms with Gasteiger partial charge >= 0.3 is 0 Å². The molecule has 7 heterocycles. The lowest BCUT2D eigenvalue weighted by atomic mass is 9.82. The van der Waals surface area contributed by atoms with E-state index in [1.165, 1.54) is 48.1 Å². The fraction of sp³-hybridized carbons (Fsp3) is 0.434. The number of aromatic nitrogens is 7. The van der Waals surface area contributed by atoms with Crippen LogP contribution < -0.4 is 26.0 Å². The van der Waals surface area contributed by atoms with Gasteiger partial charge in [-0.15, -0.1) is 11.3 Å². The van der Waals surface area contributed by atoms with Crippen LogP contribution in [-0.2, 0) is 19.4 Å². The molecule has 5 N–H and O–H groups in total. The Hall–Kier alpha value is -7.40. The van der Waals surface area contributed by atoms with Gasteiger partial charge in [0.05, 0.1) is 46.9 Å². The standard InChI is InChI=1S/C53H62FN13O7S2/c1-30-31(2)63-64-48(30)62-49-37-23-44(76(72,73)53(3,4)5)43(24-38(37)59-29-60-49)74-27-32-13-18-65(19-14-32)45-26-57-40(25-58-45)52(71)66-20-15-33(16-21-66)36(22-39(56-6)47(55)69)51(70)67-17-7-8-42(67)50-61-41(28-75-50)46(68)34-9-11-35(54)12-10-34/h9-12,22-26,28-29,32-33,36,42,56H,7-8,13-21,27H2,1-6H3,(H2,55,69)(H2,59,60,62,63,64)/t36-,42+/m1/s1. The summed E-state index contributed by atoms with van der Waals surface area (Å²) in [7, 11) is -2.30. The lowest BCUT2D eigenvalue weighted by molar-refractivity contribution is -0.137. The lowest BCUT2D eigenvalue weighted by Crippen LogP contribution is -2.44. The highest BCUT2D eigenvalue weighted by Crippen LogP contribution is 2.40. The zero-order chi connectivity index (χ0) is 54.1. The maximum absolute atomic E-state index is 14.6. The molecule has 3 saturated heterocycles. The van der Waals surface area contributed by atoms with Crippen molar-refractivity contribution in [3.05, 3.63) is 111 Å². The van der Waals surface area contributed by atoms with Crippen molar-refractivity contribution >= 4 is 73.0 Å². The smallest absolute Gasteiger partial charge is 0.274 e. The molecule has 2 aromatic carbocycles. The maximum Gasteiger partial charge on any atom is 0.274 e. The van der Waals surface area contributed by atoms with E-state index in [2.05, 4.69) is 50.7 Å². The summed E-state index contributed by atoms with van der Waals surface area (Å²) in [5.41, 5.74) is 8.87. The molecule has 23 heteroatoms. The Kier molecular flexibility index (Phi) is 15.5. The normalized spacial score (nSPS) is 17.5. The number of aromatic amines is 1. The molecule has 76 heavy (non-hydrogen) atoms. The van der Waals surface area contributed by atoms with Crippen molar-refractivity contribution in [3.8, 4) is 5.75 Å². The number of piperidine rings is 2. The first-order valence-corrected chi connectivity index (χ1v) is 27.7. The van der Waals surface area contributed by atoms with E-state index in [0.29, 0.717) is 97.3 Å². The minimum Gasteiger partial charge on any atom is -0.492 e. The number of nitrogens with one attached hydrogen (secondary N) is 3. The lowest BCUT2D eigenvalue weighted by Gasteiger charge is -2.37. The molecule has 0 radical (unpaired) electrons. The average molecular weight is 1080 g/mol. The minimum absolute atomic E-state index is 0.0583. The predicted octanol–water partition coefficient (Wildman–Crippen LogP) is 6.62. The summed E-state index contributed by atoms with van der Waals surface area (Å²) in [6.07, 6.45) is 9.89. The third-order valence-electron chi connectivity index (χ3n) is 14.7. The van der Waals surface area contributed by atoms with Crippen LogP contribution in [0.1, 0.15) is 108 Å². The van der Waals surface area contributed by atoms with E-state index in [4.69, 9.17) is 10.5 Å². The Labute approximate surface area is 444 Å². The number of sulfone groups is 1. The molecule has 9 rings (SSSR count). The zero-order valence-corrected chi connectivity index (χ0v) is 44.9. The summed E-state index contributed by atoms with van der Waals surface area (Å²) in [6, 6.07) is 8.14. The van der Waals surface area contributed by atoms with Gasteiger partial charge < -0.3 is 35.8 Å². The van der Waals surface area contributed by atoms with Crippen LogP contribution in [0, 0.1) is 37.4 Å². The van der Waals surface area contributed by atoms with Gasteiger partial charge in [0.15, 0.2) is 15.7 Å². The van der Waals surface area contributed by atoms with Gasteiger partial charge in [-0.3, -0.25) is 24.3 Å². The van der Waals surface area contributed by atoms with E-state index >= 15 is 0 Å². The maximum atomic E-state index is 14.6. The second-order valence-corrected chi connectivity index (χ2v) is 24.1. The number of thiazole rings is 1. The molecule has 3 aliphatic rings. The highest BCUT2D eigenvalue weighted by Gasteiger charge is 2.41. The SMILES string of the molecule is CNC(=C[C@@H](C(=O)N1CCC[C@H]1c1nc(C(=O)c2ccc(F)cc2)cs1)C1CCN(C(=O)c2cnc(N3CCC(COc4cc5ncnc(Nc6n[nH]c(C)c6C)c5cc4S(=O)(=O)C(C)(C)C)CC3)cn2)CC1)C(N)=O. The molecular formula is C53H62FN13O7S2. The van der Waals surface area contributed by atoms with Crippen LogP contribution in [0.4, 0.5) is 21.8 Å². The molecule has 0 bridgehead atoms. The molecule has 2 atom stereocenters. The predicted molar refractivity (Wildman–Crippen MR) is 284 cm³/mol. The second-order valence-electron chi connectivity index (χ2n) is 20.5. The third-order valence-corrected chi connectivity index (χ3v) is 18.2. The van der Waals surface area contributed by atoms with Gasteiger partial charge in [0.2, 0.25) is 11.7 Å². The number of primary amides is 1. The molecule has 0 aliphatic carbocycles. The number of rotatable bonds is 16. The highest BCUT2D eigenvalue weighted by molar-refractivity contribution is 7.92. The van der Waals surface area contributed by atoms with Crippen LogP contribution in [-0.4, -0.2) is 128 Å². The van der Waals surface area contributed by atoms with Gasteiger partial charge in [-0.25, -0.2) is 37.7 Å². The number of benzene rings is 2. The molecule has 3 aliphatic heterocycles. The first kappa shape index (κ1) is 53.4. The second kappa shape index (κ2) is 22.1. The van der Waals surface area contributed by atoms with Crippen molar-refractivity contribution in [1.29, 1.82) is 0 Å². The number of ketones is 1. The summed E-state index contributed by atoms with van der Waals surface area (Å²) in [5, 5.41) is 16.1. The van der Waals surface area contributed by atoms with Crippen LogP contribution in [0.3, 0.4) is 0 Å². The molecule has 0 saturated carbocycles. The molecule has 20 nitrogen and oxygen atoms in total. The van der Waals surface area contributed by atoms with Crippen molar-refractivity contribution in [2.75, 3.05) is 56.6 Å². The summed E-state index contributed by atoms with van der Waals surface area (Å²) in [6.45, 7) is 11.5. The Morgan fingerprint density at radius 3 is 2.32 bits per heavy atom. The van der Waals surface area contributed by atoms with Gasteiger partial charge in [0.25, 0.3) is 11.8 Å². The number of halogens is 1. The molecule has 400 valence electrons. The van der Waals surface area contributed by atoms with Crippen molar-refractivity contribution in [2.45, 2.75) is 88.8 Å². The van der Waals surface area contributed by atoms with E-state index in [1.54, 1.807) is 67.4 Å². The van der Waals surface area contributed by atoms with Crippen molar-refractivity contribution in [1.82, 2.24) is 50.2 Å². The first-order chi connectivity index (χ1) is 36.3. The van der Waals surface area contributed by atoms with Gasteiger partial charge in [-0.1, -0.05) is 0 Å².